The topological polar surface area (TPSA) is 62.4 Å². The summed E-state index contributed by atoms with van der Waals surface area (Å²) in [6.07, 6.45) is 0. The van der Waals surface area contributed by atoms with Gasteiger partial charge in [0.05, 0.1) is 0 Å². The molecule has 1 rings (SSSR count). The van der Waals surface area contributed by atoms with E-state index in [0.717, 1.165) is 15.7 Å². The number of hydrogen-bond donors (Lipinski definition) is 3. The molecule has 0 aliphatic heterocycles. The van der Waals surface area contributed by atoms with Crippen LogP contribution in [0.3, 0.4) is 0 Å². The van der Waals surface area contributed by atoms with Crippen molar-refractivity contribution in [3.8, 4) is 0 Å². The van der Waals surface area contributed by atoms with Gasteiger partial charge in [-0.05, 0) is 30.7 Å². The SMILES string of the molecule is CN=C(NN)Nc1ccc(Br)cc1C. The first-order chi connectivity index (χ1) is 6.67. The molecule has 0 unspecified atom stereocenters. The van der Waals surface area contributed by atoms with Gasteiger partial charge >= 0.3 is 0 Å². The fourth-order valence-corrected chi connectivity index (χ4v) is 1.53. The number of rotatable bonds is 1. The van der Waals surface area contributed by atoms with E-state index in [1.165, 1.54) is 0 Å². The Morgan fingerprint density at radius 1 is 1.50 bits per heavy atom. The average molecular weight is 257 g/mol. The second-order valence-corrected chi connectivity index (χ2v) is 3.72. The molecule has 76 valence electrons. The third kappa shape index (κ3) is 2.71. The van der Waals surface area contributed by atoms with E-state index in [9.17, 15) is 0 Å². The van der Waals surface area contributed by atoms with Gasteiger partial charge in [0.25, 0.3) is 0 Å². The second kappa shape index (κ2) is 4.97. The van der Waals surface area contributed by atoms with Crippen LogP contribution in [0.25, 0.3) is 0 Å². The molecule has 4 N–H and O–H groups in total. The predicted octanol–water partition coefficient (Wildman–Crippen LogP) is 1.62. The van der Waals surface area contributed by atoms with Gasteiger partial charge in [0.15, 0.2) is 0 Å². The summed E-state index contributed by atoms with van der Waals surface area (Å²) in [5.74, 6) is 5.80. The third-order valence-corrected chi connectivity index (χ3v) is 2.30. The number of halogens is 1. The van der Waals surface area contributed by atoms with E-state index in [2.05, 4.69) is 31.7 Å². The van der Waals surface area contributed by atoms with Crippen LogP contribution in [-0.4, -0.2) is 13.0 Å². The van der Waals surface area contributed by atoms with Gasteiger partial charge in [0, 0.05) is 17.2 Å². The van der Waals surface area contributed by atoms with Crippen molar-refractivity contribution >= 4 is 27.6 Å². The summed E-state index contributed by atoms with van der Waals surface area (Å²) in [6.45, 7) is 2.01. The lowest BCUT2D eigenvalue weighted by Gasteiger charge is -2.10. The highest BCUT2D eigenvalue weighted by Gasteiger charge is 2.00. The summed E-state index contributed by atoms with van der Waals surface area (Å²) in [5, 5.41) is 3.07. The number of hydrogen-bond acceptors (Lipinski definition) is 2. The van der Waals surface area contributed by atoms with Crippen LogP contribution in [0.2, 0.25) is 0 Å². The van der Waals surface area contributed by atoms with E-state index in [4.69, 9.17) is 5.84 Å². The van der Waals surface area contributed by atoms with Crippen LogP contribution in [0.1, 0.15) is 5.56 Å². The van der Waals surface area contributed by atoms with Crippen LogP contribution in [0.15, 0.2) is 27.7 Å². The molecule has 0 fully saturated rings. The lowest BCUT2D eigenvalue weighted by Crippen LogP contribution is -2.36. The maximum absolute atomic E-state index is 5.26. The van der Waals surface area contributed by atoms with Crippen molar-refractivity contribution in [2.75, 3.05) is 12.4 Å². The number of nitrogens with one attached hydrogen (secondary N) is 2. The molecular formula is C9H13BrN4. The average Bonchev–Trinajstić information content (AvgIpc) is 2.17. The molecule has 1 aromatic rings. The third-order valence-electron chi connectivity index (χ3n) is 1.80. The van der Waals surface area contributed by atoms with Crippen molar-refractivity contribution in [1.29, 1.82) is 0 Å². The van der Waals surface area contributed by atoms with Crippen LogP contribution >= 0.6 is 15.9 Å². The van der Waals surface area contributed by atoms with Crippen molar-refractivity contribution in [1.82, 2.24) is 5.43 Å². The minimum absolute atomic E-state index is 0.537. The standard InChI is InChI=1S/C9H13BrN4/c1-6-5-7(10)3-4-8(6)13-9(12-2)14-11/h3-5H,11H2,1-2H3,(H2,12,13,14). The second-order valence-electron chi connectivity index (χ2n) is 2.80. The molecule has 0 amide bonds. The maximum Gasteiger partial charge on any atom is 0.209 e. The summed E-state index contributed by atoms with van der Waals surface area (Å²) in [6, 6.07) is 5.94. The van der Waals surface area contributed by atoms with E-state index in [1.807, 2.05) is 25.1 Å². The fraction of sp³-hybridized carbons (Fsp3) is 0.222. The van der Waals surface area contributed by atoms with E-state index >= 15 is 0 Å². The van der Waals surface area contributed by atoms with Gasteiger partial charge in [0.1, 0.15) is 0 Å². The number of guanidine groups is 1. The zero-order valence-corrected chi connectivity index (χ0v) is 9.72. The summed E-state index contributed by atoms with van der Waals surface area (Å²) < 4.78 is 1.05. The number of benzene rings is 1. The summed E-state index contributed by atoms with van der Waals surface area (Å²) >= 11 is 3.40. The van der Waals surface area contributed by atoms with Gasteiger partial charge in [0.2, 0.25) is 5.96 Å². The highest BCUT2D eigenvalue weighted by atomic mass is 79.9. The number of nitrogens with zero attached hydrogens (tertiary/aromatic N) is 1. The monoisotopic (exact) mass is 256 g/mol. The van der Waals surface area contributed by atoms with Crippen molar-refractivity contribution in [2.24, 2.45) is 10.8 Å². The molecular weight excluding hydrogens is 244 g/mol. The van der Waals surface area contributed by atoms with Gasteiger partial charge in [-0.1, -0.05) is 15.9 Å². The Balaban J connectivity index is 2.87. The molecule has 0 bridgehead atoms. The summed E-state index contributed by atoms with van der Waals surface area (Å²) in [4.78, 5) is 3.92. The number of aryl methyl sites for hydroxylation is 1. The smallest absolute Gasteiger partial charge is 0.209 e. The quantitative estimate of drug-likeness (QED) is 0.310. The van der Waals surface area contributed by atoms with Gasteiger partial charge in [-0.25, -0.2) is 5.84 Å². The molecule has 0 saturated carbocycles. The van der Waals surface area contributed by atoms with Gasteiger partial charge < -0.3 is 5.32 Å². The lowest BCUT2D eigenvalue weighted by atomic mass is 10.2. The fourth-order valence-electron chi connectivity index (χ4n) is 1.05. The zero-order valence-electron chi connectivity index (χ0n) is 8.13. The largest absolute Gasteiger partial charge is 0.325 e. The molecule has 0 heterocycles. The summed E-state index contributed by atoms with van der Waals surface area (Å²) in [5.41, 5.74) is 4.57. The maximum atomic E-state index is 5.26. The van der Waals surface area contributed by atoms with Gasteiger partial charge in [-0.2, -0.15) is 0 Å². The Morgan fingerprint density at radius 3 is 2.71 bits per heavy atom. The molecule has 5 heteroatoms. The zero-order chi connectivity index (χ0) is 10.6. The molecule has 0 radical (unpaired) electrons. The molecule has 1 aromatic carbocycles. The van der Waals surface area contributed by atoms with Crippen molar-refractivity contribution in [2.45, 2.75) is 6.92 Å². The van der Waals surface area contributed by atoms with Crippen LogP contribution in [0, 0.1) is 6.92 Å². The van der Waals surface area contributed by atoms with Gasteiger partial charge in [-0.15, -0.1) is 0 Å². The molecule has 0 spiro atoms. The Labute approximate surface area is 91.7 Å². The van der Waals surface area contributed by atoms with Crippen molar-refractivity contribution in [3.63, 3.8) is 0 Å². The molecule has 0 saturated heterocycles. The molecule has 0 aliphatic rings. The number of hydrazine groups is 1. The molecule has 0 aromatic heterocycles. The van der Waals surface area contributed by atoms with Crippen LogP contribution < -0.4 is 16.6 Å². The number of nitrogens with two attached hydrogens (primary N) is 1. The Hall–Kier alpha value is -1.07. The van der Waals surface area contributed by atoms with E-state index < -0.39 is 0 Å². The lowest BCUT2D eigenvalue weighted by molar-refractivity contribution is 1.01. The first-order valence-electron chi connectivity index (χ1n) is 4.14. The molecule has 14 heavy (non-hydrogen) atoms. The molecule has 4 nitrogen and oxygen atoms in total. The van der Waals surface area contributed by atoms with Crippen molar-refractivity contribution < 1.29 is 0 Å². The van der Waals surface area contributed by atoms with E-state index in [1.54, 1.807) is 7.05 Å². The Bertz CT molecular complexity index is 349. The normalized spacial score (nSPS) is 11.3. The highest BCUT2D eigenvalue weighted by molar-refractivity contribution is 9.10. The first kappa shape index (κ1) is 11.0. The number of aliphatic imine (C=N–C) groups is 1. The van der Waals surface area contributed by atoms with E-state index in [0.29, 0.717) is 5.96 Å². The van der Waals surface area contributed by atoms with Gasteiger partial charge in [-0.3, -0.25) is 10.4 Å². The Kier molecular flexibility index (Phi) is 3.91. The molecule has 0 atom stereocenters. The first-order valence-corrected chi connectivity index (χ1v) is 4.93. The number of anilines is 1. The highest BCUT2D eigenvalue weighted by Crippen LogP contribution is 2.19. The van der Waals surface area contributed by atoms with Crippen LogP contribution in [0.5, 0.6) is 0 Å². The predicted molar refractivity (Wildman–Crippen MR) is 63.2 cm³/mol. The Morgan fingerprint density at radius 2 is 2.21 bits per heavy atom. The molecule has 0 aliphatic carbocycles. The van der Waals surface area contributed by atoms with Crippen molar-refractivity contribution in [3.05, 3.63) is 28.2 Å². The van der Waals surface area contributed by atoms with Crippen LogP contribution in [0.4, 0.5) is 5.69 Å². The summed E-state index contributed by atoms with van der Waals surface area (Å²) in [7, 11) is 1.66. The minimum Gasteiger partial charge on any atom is -0.325 e. The minimum atomic E-state index is 0.537. The van der Waals surface area contributed by atoms with Crippen LogP contribution in [-0.2, 0) is 0 Å². The van der Waals surface area contributed by atoms with E-state index in [-0.39, 0.29) is 0 Å².